The fraction of sp³-hybridized carbons (Fsp3) is 0.750. The summed E-state index contributed by atoms with van der Waals surface area (Å²) in [6.45, 7) is 11.8. The van der Waals surface area contributed by atoms with E-state index in [1.165, 1.54) is 24.2 Å². The Balaban J connectivity index is 2.79. The number of hydrogen-bond donors (Lipinski definition) is 1. The molecule has 0 bridgehead atoms. The van der Waals surface area contributed by atoms with Gasteiger partial charge in [-0.3, -0.25) is 4.68 Å². The number of aromatic nitrogens is 2. The van der Waals surface area contributed by atoms with Crippen molar-refractivity contribution < 1.29 is 0 Å². The molecule has 0 amide bonds. The third-order valence-corrected chi connectivity index (χ3v) is 2.65. The van der Waals surface area contributed by atoms with E-state index in [0.717, 1.165) is 12.2 Å². The zero-order valence-corrected chi connectivity index (χ0v) is 10.6. The smallest absolute Gasteiger partial charge is 0.0828 e. The molecule has 0 aliphatic carbocycles. The van der Waals surface area contributed by atoms with Crippen LogP contribution in [0.25, 0.3) is 0 Å². The second-order valence-electron chi connectivity index (χ2n) is 4.36. The first-order valence-corrected chi connectivity index (χ1v) is 5.87. The number of rotatable bonds is 5. The molecule has 3 heteroatoms. The van der Waals surface area contributed by atoms with Crippen molar-refractivity contribution in [2.24, 2.45) is 0 Å². The van der Waals surface area contributed by atoms with Gasteiger partial charge in [-0.05, 0) is 34.1 Å². The Kier molecular flexibility index (Phi) is 4.18. The van der Waals surface area contributed by atoms with Gasteiger partial charge in [0, 0.05) is 12.6 Å². The minimum atomic E-state index is 0.436. The maximum Gasteiger partial charge on any atom is 0.0828 e. The molecule has 0 saturated heterocycles. The van der Waals surface area contributed by atoms with Crippen molar-refractivity contribution in [3.05, 3.63) is 11.4 Å². The summed E-state index contributed by atoms with van der Waals surface area (Å²) in [6.07, 6.45) is 2.44. The number of nitrogens with zero attached hydrogens (tertiary/aromatic N) is 2. The van der Waals surface area contributed by atoms with E-state index in [1.54, 1.807) is 0 Å². The molecule has 0 saturated carbocycles. The van der Waals surface area contributed by atoms with Crippen molar-refractivity contribution in [3.8, 4) is 0 Å². The SMILES string of the molecule is CCCCNc1c(C)nn(C(C)C)c1C. The van der Waals surface area contributed by atoms with Crippen molar-refractivity contribution in [2.45, 2.75) is 53.5 Å². The van der Waals surface area contributed by atoms with E-state index >= 15 is 0 Å². The van der Waals surface area contributed by atoms with Crippen LogP contribution in [0.2, 0.25) is 0 Å². The van der Waals surface area contributed by atoms with Crippen LogP contribution in [0.4, 0.5) is 5.69 Å². The van der Waals surface area contributed by atoms with Crippen LogP contribution >= 0.6 is 0 Å². The molecular formula is C12H23N3. The van der Waals surface area contributed by atoms with Crippen LogP contribution in [-0.4, -0.2) is 16.3 Å². The summed E-state index contributed by atoms with van der Waals surface area (Å²) in [5, 5.41) is 8.02. The van der Waals surface area contributed by atoms with Crippen LogP contribution in [0, 0.1) is 13.8 Å². The largest absolute Gasteiger partial charge is 0.382 e. The second-order valence-corrected chi connectivity index (χ2v) is 4.36. The van der Waals surface area contributed by atoms with Gasteiger partial charge < -0.3 is 5.32 Å². The lowest BCUT2D eigenvalue weighted by atomic mass is 10.2. The van der Waals surface area contributed by atoms with Crippen LogP contribution in [0.5, 0.6) is 0 Å². The first-order chi connectivity index (χ1) is 7.07. The lowest BCUT2D eigenvalue weighted by Crippen LogP contribution is -2.06. The van der Waals surface area contributed by atoms with Crippen LogP contribution in [-0.2, 0) is 0 Å². The number of hydrogen-bond acceptors (Lipinski definition) is 2. The van der Waals surface area contributed by atoms with Gasteiger partial charge in [0.1, 0.15) is 0 Å². The van der Waals surface area contributed by atoms with Crippen molar-refractivity contribution >= 4 is 5.69 Å². The number of nitrogens with one attached hydrogen (secondary N) is 1. The Morgan fingerprint density at radius 3 is 2.47 bits per heavy atom. The minimum absolute atomic E-state index is 0.436. The van der Waals surface area contributed by atoms with Crippen molar-refractivity contribution in [3.63, 3.8) is 0 Å². The quantitative estimate of drug-likeness (QED) is 0.754. The molecule has 1 heterocycles. The van der Waals surface area contributed by atoms with Gasteiger partial charge in [-0.2, -0.15) is 5.10 Å². The molecule has 1 N–H and O–H groups in total. The van der Waals surface area contributed by atoms with E-state index in [-0.39, 0.29) is 0 Å². The number of unbranched alkanes of at least 4 members (excludes halogenated alkanes) is 1. The van der Waals surface area contributed by atoms with Crippen LogP contribution in [0.3, 0.4) is 0 Å². The molecule has 0 aliphatic rings. The van der Waals surface area contributed by atoms with Gasteiger partial charge in [0.15, 0.2) is 0 Å². The van der Waals surface area contributed by atoms with E-state index in [0.29, 0.717) is 6.04 Å². The molecule has 0 aromatic carbocycles. The molecule has 1 aromatic rings. The zero-order chi connectivity index (χ0) is 11.4. The highest BCUT2D eigenvalue weighted by Crippen LogP contribution is 2.22. The maximum atomic E-state index is 4.54. The molecule has 86 valence electrons. The molecule has 15 heavy (non-hydrogen) atoms. The lowest BCUT2D eigenvalue weighted by molar-refractivity contribution is 0.516. The molecule has 0 unspecified atom stereocenters. The second kappa shape index (κ2) is 5.19. The summed E-state index contributed by atoms with van der Waals surface area (Å²) in [4.78, 5) is 0. The molecule has 0 radical (unpaired) electrons. The zero-order valence-electron chi connectivity index (χ0n) is 10.6. The van der Waals surface area contributed by atoms with Crippen molar-refractivity contribution in [1.82, 2.24) is 9.78 Å². The van der Waals surface area contributed by atoms with Gasteiger partial charge in [0.25, 0.3) is 0 Å². The van der Waals surface area contributed by atoms with Crippen LogP contribution in [0.1, 0.15) is 51.0 Å². The molecule has 0 atom stereocenters. The molecular weight excluding hydrogens is 186 g/mol. The van der Waals surface area contributed by atoms with E-state index in [1.807, 2.05) is 0 Å². The molecule has 3 nitrogen and oxygen atoms in total. The predicted molar refractivity (Wildman–Crippen MR) is 65.5 cm³/mol. The van der Waals surface area contributed by atoms with E-state index in [4.69, 9.17) is 0 Å². The Hall–Kier alpha value is -0.990. The molecule has 1 rings (SSSR count). The van der Waals surface area contributed by atoms with E-state index in [9.17, 15) is 0 Å². The highest BCUT2D eigenvalue weighted by molar-refractivity contribution is 5.52. The minimum Gasteiger partial charge on any atom is -0.382 e. The Morgan fingerprint density at radius 2 is 2.00 bits per heavy atom. The maximum absolute atomic E-state index is 4.54. The van der Waals surface area contributed by atoms with E-state index < -0.39 is 0 Å². The normalized spacial score (nSPS) is 11.1. The summed E-state index contributed by atoms with van der Waals surface area (Å²) < 4.78 is 2.09. The summed E-state index contributed by atoms with van der Waals surface area (Å²) >= 11 is 0. The van der Waals surface area contributed by atoms with Gasteiger partial charge in [-0.15, -0.1) is 0 Å². The van der Waals surface area contributed by atoms with Gasteiger partial charge in [0.05, 0.1) is 17.1 Å². The molecule has 0 spiro atoms. The highest BCUT2D eigenvalue weighted by atomic mass is 15.3. The summed E-state index contributed by atoms with van der Waals surface area (Å²) in [6, 6.07) is 0.436. The Morgan fingerprint density at radius 1 is 1.33 bits per heavy atom. The number of aryl methyl sites for hydroxylation is 1. The monoisotopic (exact) mass is 209 g/mol. The van der Waals surface area contributed by atoms with Crippen LogP contribution in [0.15, 0.2) is 0 Å². The Bertz CT molecular complexity index is 313. The third-order valence-electron chi connectivity index (χ3n) is 2.65. The molecule has 0 aliphatic heterocycles. The Labute approximate surface area is 92.9 Å². The van der Waals surface area contributed by atoms with E-state index in [2.05, 4.69) is 49.7 Å². The summed E-state index contributed by atoms with van der Waals surface area (Å²) in [7, 11) is 0. The average Bonchev–Trinajstić information content (AvgIpc) is 2.45. The molecule has 1 aromatic heterocycles. The fourth-order valence-corrected chi connectivity index (χ4v) is 1.81. The van der Waals surface area contributed by atoms with Gasteiger partial charge in [0.2, 0.25) is 0 Å². The van der Waals surface area contributed by atoms with Gasteiger partial charge >= 0.3 is 0 Å². The third kappa shape index (κ3) is 2.74. The first kappa shape index (κ1) is 12.1. The fourth-order valence-electron chi connectivity index (χ4n) is 1.81. The van der Waals surface area contributed by atoms with Crippen molar-refractivity contribution in [2.75, 3.05) is 11.9 Å². The number of anilines is 1. The van der Waals surface area contributed by atoms with Gasteiger partial charge in [-0.25, -0.2) is 0 Å². The van der Waals surface area contributed by atoms with Gasteiger partial charge in [-0.1, -0.05) is 13.3 Å². The predicted octanol–water partition coefficient (Wildman–Crippen LogP) is 3.29. The summed E-state index contributed by atoms with van der Waals surface area (Å²) in [5.74, 6) is 0. The van der Waals surface area contributed by atoms with Crippen LogP contribution < -0.4 is 5.32 Å². The summed E-state index contributed by atoms with van der Waals surface area (Å²) in [5.41, 5.74) is 3.58. The van der Waals surface area contributed by atoms with Crippen molar-refractivity contribution in [1.29, 1.82) is 0 Å². The standard InChI is InChI=1S/C12H23N3/c1-6-7-8-13-12-10(4)14-15(9(2)3)11(12)5/h9,13H,6-8H2,1-5H3. The average molecular weight is 209 g/mol. The first-order valence-electron chi connectivity index (χ1n) is 5.87. The highest BCUT2D eigenvalue weighted by Gasteiger charge is 2.12. The topological polar surface area (TPSA) is 29.9 Å². The lowest BCUT2D eigenvalue weighted by Gasteiger charge is -2.09. The molecule has 0 fully saturated rings.